The van der Waals surface area contributed by atoms with Crippen molar-refractivity contribution < 1.29 is 0 Å². The molecular weight excluding hydrogens is 184 g/mol. The van der Waals surface area contributed by atoms with Crippen LogP contribution >= 0.6 is 0 Å². The molecule has 80 valence electrons. The van der Waals surface area contributed by atoms with Gasteiger partial charge in [0, 0.05) is 5.92 Å². The van der Waals surface area contributed by atoms with Gasteiger partial charge in [-0.1, -0.05) is 44.7 Å². The van der Waals surface area contributed by atoms with Crippen molar-refractivity contribution in [3.05, 3.63) is 36.5 Å². The van der Waals surface area contributed by atoms with Crippen LogP contribution in [0.15, 0.2) is 46.4 Å². The van der Waals surface area contributed by atoms with Crippen LogP contribution in [0.2, 0.25) is 0 Å². The molecular formula is C13H18N2. The lowest BCUT2D eigenvalue weighted by molar-refractivity contribution is 0.874. The summed E-state index contributed by atoms with van der Waals surface area (Å²) < 4.78 is 0. The van der Waals surface area contributed by atoms with E-state index in [4.69, 9.17) is 0 Å². The maximum Gasteiger partial charge on any atom is 0.126 e. The van der Waals surface area contributed by atoms with E-state index in [2.05, 4.69) is 37.3 Å². The largest absolute Gasteiger partial charge is 0.264 e. The molecule has 0 atom stereocenters. The average Bonchev–Trinajstić information content (AvgIpc) is 2.66. The number of hydrogen-bond donors (Lipinski definition) is 0. The van der Waals surface area contributed by atoms with E-state index in [0.717, 1.165) is 18.1 Å². The first-order chi connectivity index (χ1) is 7.15. The first-order valence-electron chi connectivity index (χ1n) is 5.23. The molecule has 1 rings (SSSR count). The lowest BCUT2D eigenvalue weighted by atomic mass is 10.1. The fourth-order valence-corrected chi connectivity index (χ4v) is 1.26. The maximum atomic E-state index is 4.50. The zero-order valence-electron chi connectivity index (χ0n) is 9.70. The van der Waals surface area contributed by atoms with Crippen LogP contribution in [0, 0.1) is 5.92 Å². The van der Waals surface area contributed by atoms with E-state index < -0.39 is 0 Å². The van der Waals surface area contributed by atoms with Gasteiger partial charge in [0.1, 0.15) is 5.84 Å². The molecule has 1 aliphatic rings. The molecule has 0 aromatic carbocycles. The van der Waals surface area contributed by atoms with Crippen molar-refractivity contribution in [2.45, 2.75) is 20.8 Å². The van der Waals surface area contributed by atoms with Crippen molar-refractivity contribution in [3.63, 3.8) is 0 Å². The monoisotopic (exact) mass is 202 g/mol. The van der Waals surface area contributed by atoms with Gasteiger partial charge in [-0.05, 0) is 12.5 Å². The van der Waals surface area contributed by atoms with Crippen molar-refractivity contribution in [1.29, 1.82) is 0 Å². The van der Waals surface area contributed by atoms with Crippen molar-refractivity contribution in [3.8, 4) is 0 Å². The minimum Gasteiger partial charge on any atom is -0.264 e. The predicted octanol–water partition coefficient (Wildman–Crippen LogP) is 3.18. The molecule has 2 heteroatoms. The summed E-state index contributed by atoms with van der Waals surface area (Å²) in [5.74, 6) is 1.38. The molecule has 1 heterocycles. The Morgan fingerprint density at radius 2 is 2.13 bits per heavy atom. The summed E-state index contributed by atoms with van der Waals surface area (Å²) in [4.78, 5) is 8.90. The van der Waals surface area contributed by atoms with Gasteiger partial charge in [-0.2, -0.15) is 0 Å². The molecule has 0 bridgehead atoms. The predicted molar refractivity (Wildman–Crippen MR) is 67.7 cm³/mol. The van der Waals surface area contributed by atoms with Gasteiger partial charge in [-0.3, -0.25) is 4.99 Å². The van der Waals surface area contributed by atoms with Crippen molar-refractivity contribution >= 4 is 11.5 Å². The summed E-state index contributed by atoms with van der Waals surface area (Å²) in [5, 5.41) is 0. The lowest BCUT2D eigenvalue weighted by Gasteiger charge is -1.99. The number of rotatable bonds is 4. The number of amidine groups is 1. The van der Waals surface area contributed by atoms with Crippen LogP contribution in [-0.4, -0.2) is 18.1 Å². The zero-order chi connectivity index (χ0) is 11.3. The highest BCUT2D eigenvalue weighted by Gasteiger charge is 2.13. The van der Waals surface area contributed by atoms with Gasteiger partial charge in [-0.15, -0.1) is 0 Å². The summed E-state index contributed by atoms with van der Waals surface area (Å²) in [6.45, 7) is 10.6. The average molecular weight is 202 g/mol. The smallest absolute Gasteiger partial charge is 0.126 e. The zero-order valence-corrected chi connectivity index (χ0v) is 9.70. The van der Waals surface area contributed by atoms with Crippen LogP contribution in [0.5, 0.6) is 0 Å². The summed E-state index contributed by atoms with van der Waals surface area (Å²) in [5.41, 5.74) is 2.25. The van der Waals surface area contributed by atoms with Crippen molar-refractivity contribution in [1.82, 2.24) is 0 Å². The Balaban J connectivity index is 2.69. The van der Waals surface area contributed by atoms with E-state index in [-0.39, 0.29) is 0 Å². The van der Waals surface area contributed by atoms with Gasteiger partial charge in [0.15, 0.2) is 0 Å². The summed E-state index contributed by atoms with van der Waals surface area (Å²) >= 11 is 0. The van der Waals surface area contributed by atoms with Crippen LogP contribution < -0.4 is 0 Å². The van der Waals surface area contributed by atoms with Gasteiger partial charge in [0.25, 0.3) is 0 Å². The Bertz CT molecular complexity index is 355. The quantitative estimate of drug-likeness (QED) is 0.625. The third-order valence-corrected chi connectivity index (χ3v) is 2.21. The molecule has 0 radical (unpaired) electrons. The lowest BCUT2D eigenvalue weighted by Crippen LogP contribution is -2.02. The van der Waals surface area contributed by atoms with E-state index in [1.54, 1.807) is 6.08 Å². The molecule has 0 aromatic heterocycles. The first-order valence-corrected chi connectivity index (χ1v) is 5.23. The minimum atomic E-state index is 0.416. The van der Waals surface area contributed by atoms with E-state index in [0.29, 0.717) is 5.92 Å². The molecule has 0 spiro atoms. The van der Waals surface area contributed by atoms with E-state index in [1.165, 1.54) is 5.57 Å². The second-order valence-corrected chi connectivity index (χ2v) is 3.86. The second-order valence-electron chi connectivity index (χ2n) is 3.86. The Morgan fingerprint density at radius 3 is 2.67 bits per heavy atom. The highest BCUT2D eigenvalue weighted by molar-refractivity contribution is 6.12. The molecule has 0 aliphatic carbocycles. The second kappa shape index (κ2) is 5.44. The van der Waals surface area contributed by atoms with E-state index in [9.17, 15) is 0 Å². The fourth-order valence-electron chi connectivity index (χ4n) is 1.26. The van der Waals surface area contributed by atoms with Crippen LogP contribution in [0.1, 0.15) is 20.8 Å². The summed E-state index contributed by atoms with van der Waals surface area (Å²) in [7, 11) is 0. The van der Waals surface area contributed by atoms with Crippen LogP contribution in [0.4, 0.5) is 0 Å². The number of allylic oxidation sites excluding steroid dienone is 4. The van der Waals surface area contributed by atoms with E-state index in [1.807, 2.05) is 18.2 Å². The molecule has 2 nitrogen and oxygen atoms in total. The van der Waals surface area contributed by atoms with Gasteiger partial charge < -0.3 is 0 Å². The Labute approximate surface area is 91.8 Å². The molecule has 1 aliphatic heterocycles. The molecule has 0 saturated heterocycles. The fraction of sp³-hybridized carbons (Fsp3) is 0.385. The molecule has 15 heavy (non-hydrogen) atoms. The number of nitrogens with zero attached hydrogens (tertiary/aromatic N) is 2. The highest BCUT2D eigenvalue weighted by atomic mass is 15.0. The highest BCUT2D eigenvalue weighted by Crippen LogP contribution is 2.10. The molecule has 0 unspecified atom stereocenters. The van der Waals surface area contributed by atoms with E-state index >= 15 is 0 Å². The minimum absolute atomic E-state index is 0.416. The maximum absolute atomic E-state index is 4.50. The normalized spacial score (nSPS) is 17.2. The topological polar surface area (TPSA) is 24.7 Å². The summed E-state index contributed by atoms with van der Waals surface area (Å²) in [6.07, 6.45) is 7.68. The molecule has 0 aromatic rings. The number of hydrogen-bond acceptors (Lipinski definition) is 2. The van der Waals surface area contributed by atoms with Crippen molar-refractivity contribution in [2.75, 3.05) is 6.54 Å². The van der Waals surface area contributed by atoms with Gasteiger partial charge in [0.05, 0.1) is 12.3 Å². The van der Waals surface area contributed by atoms with Gasteiger partial charge in [0.2, 0.25) is 0 Å². The van der Waals surface area contributed by atoms with Crippen LogP contribution in [0.25, 0.3) is 0 Å². The van der Waals surface area contributed by atoms with Gasteiger partial charge >= 0.3 is 0 Å². The van der Waals surface area contributed by atoms with Crippen molar-refractivity contribution in [2.24, 2.45) is 15.9 Å². The van der Waals surface area contributed by atoms with Crippen LogP contribution in [-0.2, 0) is 0 Å². The molecule has 0 amide bonds. The third kappa shape index (κ3) is 3.31. The Morgan fingerprint density at radius 1 is 1.40 bits per heavy atom. The molecule has 0 N–H and O–H groups in total. The molecule has 0 fully saturated rings. The Kier molecular flexibility index (Phi) is 4.22. The van der Waals surface area contributed by atoms with Gasteiger partial charge in [-0.25, -0.2) is 4.99 Å². The molecule has 0 saturated carbocycles. The third-order valence-electron chi connectivity index (χ3n) is 2.21. The standard InChI is InChI=1S/C13H18N2/c1-5-6-7-8-11(4)12-9-14-13(15-12)10(2)3/h5-8,10H,1,9H2,2-4H3/b7-6-,11-8+. The Hall–Kier alpha value is -1.44. The summed E-state index contributed by atoms with van der Waals surface area (Å²) in [6, 6.07) is 0. The van der Waals surface area contributed by atoms with Crippen LogP contribution in [0.3, 0.4) is 0 Å². The first kappa shape index (κ1) is 11.6. The SMILES string of the molecule is C=C/C=C\C=C(/C)C1=NC(C(C)C)=NC1. The number of aliphatic imine (C=N–C) groups is 2.